The summed E-state index contributed by atoms with van der Waals surface area (Å²) < 4.78 is 1.39. The molecule has 1 heterocycles. The molecule has 0 radical (unpaired) electrons. The van der Waals surface area contributed by atoms with Crippen molar-refractivity contribution in [3.05, 3.63) is 46.7 Å². The second kappa shape index (κ2) is 8.18. The summed E-state index contributed by atoms with van der Waals surface area (Å²) in [6.07, 6.45) is 0.942. The van der Waals surface area contributed by atoms with Crippen molar-refractivity contribution in [2.45, 2.75) is 37.1 Å². The van der Waals surface area contributed by atoms with Crippen LogP contribution in [0.5, 0.6) is 0 Å². The molecule has 3 rings (SSSR count). The van der Waals surface area contributed by atoms with Gasteiger partial charge in [-0.25, -0.2) is 0 Å². The predicted octanol–water partition coefficient (Wildman–Crippen LogP) is 1.82. The van der Waals surface area contributed by atoms with E-state index in [2.05, 4.69) is 51.3 Å². The normalized spacial score (nSPS) is 11.4. The fourth-order valence-corrected chi connectivity index (χ4v) is 4.10. The number of halogens is 1. The molecule has 1 N–H and O–H groups in total. The van der Waals surface area contributed by atoms with Gasteiger partial charge in [-0.3, -0.25) is 9.36 Å². The molecule has 0 spiro atoms. The number of aryl methyl sites for hydroxylation is 1. The van der Waals surface area contributed by atoms with Gasteiger partial charge in [0.05, 0.1) is 5.69 Å². The molecule has 2 aromatic carbocycles. The third-order valence-corrected chi connectivity index (χ3v) is 5.71. The van der Waals surface area contributed by atoms with Gasteiger partial charge in [0.1, 0.15) is 4.75 Å². The summed E-state index contributed by atoms with van der Waals surface area (Å²) >= 11 is 4.62. The number of aliphatic carboxylic acids is 1. The second-order valence-electron chi connectivity index (χ2n) is 6.15. The van der Waals surface area contributed by atoms with Gasteiger partial charge in [0.2, 0.25) is 4.73 Å². The number of thioether (sulfide) groups is 1. The Morgan fingerprint density at radius 1 is 1.23 bits per heavy atom. The van der Waals surface area contributed by atoms with Crippen LogP contribution < -0.4 is 18.9 Å². The van der Waals surface area contributed by atoms with Crippen molar-refractivity contribution in [2.24, 2.45) is 0 Å². The SMILES string of the molecule is CCc1ccc(-n2c(Br)nnc2SC(C)(C)C(=O)O)c2ccccc12.[H-].[Li+]. The molecule has 0 atom stereocenters. The predicted molar refractivity (Wildman–Crippen MR) is 105 cm³/mol. The molecule has 26 heavy (non-hydrogen) atoms. The van der Waals surface area contributed by atoms with Crippen LogP contribution in [0.2, 0.25) is 0 Å². The minimum absolute atomic E-state index is 0. The average molecular weight is 428 g/mol. The van der Waals surface area contributed by atoms with E-state index < -0.39 is 10.7 Å². The molecule has 0 amide bonds. The topological polar surface area (TPSA) is 68.0 Å². The van der Waals surface area contributed by atoms with Gasteiger partial charge in [-0.1, -0.05) is 49.0 Å². The molecule has 0 aliphatic heterocycles. The Bertz CT molecular complexity index is 965. The number of hydrogen-bond donors (Lipinski definition) is 1. The van der Waals surface area contributed by atoms with Crippen molar-refractivity contribution in [2.75, 3.05) is 0 Å². The number of carboxylic acid groups (broad SMARTS) is 1. The van der Waals surface area contributed by atoms with Crippen LogP contribution in [0.1, 0.15) is 27.8 Å². The zero-order chi connectivity index (χ0) is 18.2. The van der Waals surface area contributed by atoms with Gasteiger partial charge in [0.25, 0.3) is 0 Å². The molecule has 132 valence electrons. The summed E-state index contributed by atoms with van der Waals surface area (Å²) in [5.74, 6) is -0.894. The molecule has 1 aromatic heterocycles. The molecule has 0 unspecified atom stereocenters. The van der Waals surface area contributed by atoms with E-state index in [1.165, 1.54) is 22.7 Å². The Labute approximate surface area is 178 Å². The van der Waals surface area contributed by atoms with E-state index in [4.69, 9.17) is 0 Å². The zero-order valence-corrected chi connectivity index (χ0v) is 17.6. The van der Waals surface area contributed by atoms with E-state index in [0.29, 0.717) is 9.89 Å². The van der Waals surface area contributed by atoms with Crippen molar-refractivity contribution in [3.63, 3.8) is 0 Å². The van der Waals surface area contributed by atoms with Gasteiger partial charge in [0, 0.05) is 5.39 Å². The number of carbonyl (C=O) groups is 1. The Balaban J connectivity index is 0.00000182. The molecular formula is C18H19BrLiN3O2S. The Morgan fingerprint density at radius 2 is 1.88 bits per heavy atom. The summed E-state index contributed by atoms with van der Waals surface area (Å²) in [6.45, 7) is 5.45. The first-order valence-electron chi connectivity index (χ1n) is 7.89. The standard InChI is InChI=1S/C18H18BrN3O2S.Li.H/c1-4-11-9-10-14(13-8-6-5-7-12(11)13)22-16(19)20-21-17(22)25-18(2,3)15(23)24;;/h5-10H,4H2,1-3H3,(H,23,24);;/q;+1;-1. The van der Waals surface area contributed by atoms with E-state index in [1.807, 2.05) is 22.8 Å². The molecular weight excluding hydrogens is 409 g/mol. The van der Waals surface area contributed by atoms with Crippen LogP contribution in [-0.2, 0) is 11.2 Å². The van der Waals surface area contributed by atoms with Crippen LogP contribution in [0.25, 0.3) is 16.5 Å². The minimum Gasteiger partial charge on any atom is -1.00 e. The molecule has 3 aromatic rings. The van der Waals surface area contributed by atoms with Crippen LogP contribution in [0.4, 0.5) is 0 Å². The summed E-state index contributed by atoms with van der Waals surface area (Å²) in [6, 6.07) is 12.3. The van der Waals surface area contributed by atoms with Gasteiger partial charge in [0.15, 0.2) is 5.16 Å². The maximum absolute atomic E-state index is 11.5. The van der Waals surface area contributed by atoms with Crippen LogP contribution >= 0.6 is 27.7 Å². The van der Waals surface area contributed by atoms with E-state index in [-0.39, 0.29) is 20.3 Å². The Morgan fingerprint density at radius 3 is 2.50 bits per heavy atom. The van der Waals surface area contributed by atoms with Crippen molar-refractivity contribution >= 4 is 44.4 Å². The Hall–Kier alpha value is -1.26. The summed E-state index contributed by atoms with van der Waals surface area (Å²) in [4.78, 5) is 11.5. The monoisotopic (exact) mass is 427 g/mol. The molecule has 5 nitrogen and oxygen atoms in total. The number of benzene rings is 2. The van der Waals surface area contributed by atoms with Gasteiger partial charge < -0.3 is 6.53 Å². The number of nitrogens with zero attached hydrogens (tertiary/aromatic N) is 3. The summed E-state index contributed by atoms with van der Waals surface area (Å²) in [5, 5.41) is 20.5. The molecule has 8 heteroatoms. The molecule has 0 saturated carbocycles. The van der Waals surface area contributed by atoms with Crippen molar-refractivity contribution in [3.8, 4) is 5.69 Å². The molecule has 0 saturated heterocycles. The first-order valence-corrected chi connectivity index (χ1v) is 9.50. The third-order valence-electron chi connectivity index (χ3n) is 4.07. The van der Waals surface area contributed by atoms with Crippen molar-refractivity contribution in [1.29, 1.82) is 0 Å². The number of carboxylic acids is 1. The smallest absolute Gasteiger partial charge is 1.00 e. The van der Waals surface area contributed by atoms with E-state index >= 15 is 0 Å². The first kappa shape index (κ1) is 21.0. The van der Waals surface area contributed by atoms with Crippen molar-refractivity contribution < 1.29 is 30.2 Å². The molecule has 0 aliphatic rings. The van der Waals surface area contributed by atoms with E-state index in [1.54, 1.807) is 13.8 Å². The molecule has 0 fully saturated rings. The largest absolute Gasteiger partial charge is 1.00 e. The van der Waals surface area contributed by atoms with Crippen LogP contribution in [0.15, 0.2) is 46.3 Å². The fourth-order valence-electron chi connectivity index (χ4n) is 2.64. The average Bonchev–Trinajstić information content (AvgIpc) is 2.93. The maximum Gasteiger partial charge on any atom is 1.00 e. The fraction of sp³-hybridized carbons (Fsp3) is 0.278. The quantitative estimate of drug-likeness (QED) is 0.496. The zero-order valence-electron chi connectivity index (χ0n) is 16.2. The van der Waals surface area contributed by atoms with E-state index in [9.17, 15) is 9.90 Å². The van der Waals surface area contributed by atoms with Gasteiger partial charge in [-0.15, -0.1) is 10.2 Å². The Kier molecular flexibility index (Phi) is 6.62. The first-order chi connectivity index (χ1) is 11.8. The number of hydrogen-bond acceptors (Lipinski definition) is 4. The van der Waals surface area contributed by atoms with Gasteiger partial charge in [-0.2, -0.15) is 0 Å². The number of fused-ring (bicyclic) bond motifs is 1. The number of rotatable bonds is 5. The second-order valence-corrected chi connectivity index (χ2v) is 8.45. The summed E-state index contributed by atoms with van der Waals surface area (Å²) in [7, 11) is 0. The van der Waals surface area contributed by atoms with Gasteiger partial charge in [-0.05, 0) is 53.2 Å². The van der Waals surface area contributed by atoms with Crippen molar-refractivity contribution in [1.82, 2.24) is 14.8 Å². The van der Waals surface area contributed by atoms with E-state index in [0.717, 1.165) is 17.5 Å². The molecule has 0 bridgehead atoms. The molecule has 0 aliphatic carbocycles. The van der Waals surface area contributed by atoms with Crippen LogP contribution in [-0.4, -0.2) is 30.6 Å². The van der Waals surface area contributed by atoms with Crippen LogP contribution in [0.3, 0.4) is 0 Å². The van der Waals surface area contributed by atoms with Gasteiger partial charge >= 0.3 is 24.8 Å². The third kappa shape index (κ3) is 3.86. The maximum atomic E-state index is 11.5. The van der Waals surface area contributed by atoms with Crippen LogP contribution in [0, 0.1) is 0 Å². The number of aromatic nitrogens is 3. The summed E-state index contributed by atoms with van der Waals surface area (Å²) in [5.41, 5.74) is 2.19. The minimum atomic E-state index is -1.01.